The third kappa shape index (κ3) is 4.23. The lowest BCUT2D eigenvalue weighted by atomic mass is 9.96. The molecular formula is C23H18ClF3N2O4S. The van der Waals surface area contributed by atoms with Crippen LogP contribution < -0.4 is 5.56 Å². The molecular weight excluding hydrogens is 493 g/mol. The lowest BCUT2D eigenvalue weighted by Crippen LogP contribution is -2.29. The molecule has 0 atom stereocenters. The van der Waals surface area contributed by atoms with Crippen LogP contribution in [-0.2, 0) is 22.1 Å². The predicted octanol–water partition coefficient (Wildman–Crippen LogP) is 5.41. The van der Waals surface area contributed by atoms with Crippen LogP contribution in [0.4, 0.5) is 13.2 Å². The zero-order valence-corrected chi connectivity index (χ0v) is 19.6. The number of benzene rings is 2. The summed E-state index contributed by atoms with van der Waals surface area (Å²) in [6.45, 7) is 3.12. The fourth-order valence-corrected chi connectivity index (χ4v) is 4.95. The van der Waals surface area contributed by atoms with Crippen LogP contribution in [0.2, 0.25) is 5.02 Å². The van der Waals surface area contributed by atoms with Crippen LogP contribution in [0, 0.1) is 13.8 Å². The lowest BCUT2D eigenvalue weighted by molar-refractivity contribution is -0.0437. The number of pyridine rings is 1. The third-order valence-corrected chi connectivity index (χ3v) is 7.10. The Morgan fingerprint density at radius 2 is 1.74 bits per heavy atom. The first-order valence-electron chi connectivity index (χ1n) is 10.0. The summed E-state index contributed by atoms with van der Waals surface area (Å²) in [6, 6.07) is 13.3. The molecule has 34 heavy (non-hydrogen) atoms. The Hall–Kier alpha value is -3.11. The molecule has 0 aliphatic carbocycles. The van der Waals surface area contributed by atoms with Crippen LogP contribution in [0.25, 0.3) is 22.0 Å². The van der Waals surface area contributed by atoms with E-state index in [2.05, 4.69) is 5.16 Å². The average Bonchev–Trinajstić information content (AvgIpc) is 3.09. The minimum absolute atomic E-state index is 0.0977. The van der Waals surface area contributed by atoms with Crippen molar-refractivity contribution in [3.8, 4) is 11.1 Å². The molecule has 0 saturated carbocycles. The van der Waals surface area contributed by atoms with Gasteiger partial charge in [0.1, 0.15) is 5.76 Å². The molecule has 0 unspecified atom stereocenters. The van der Waals surface area contributed by atoms with Crippen molar-refractivity contribution in [3.05, 3.63) is 86.5 Å². The van der Waals surface area contributed by atoms with Crippen molar-refractivity contribution < 1.29 is 26.1 Å². The Morgan fingerprint density at radius 1 is 1.06 bits per heavy atom. The van der Waals surface area contributed by atoms with Gasteiger partial charge in [-0.15, -0.1) is 0 Å². The third-order valence-electron chi connectivity index (χ3n) is 5.49. The zero-order valence-electron chi connectivity index (χ0n) is 18.0. The molecule has 0 radical (unpaired) electrons. The van der Waals surface area contributed by atoms with Gasteiger partial charge in [0.15, 0.2) is 0 Å². The molecule has 0 aliphatic rings. The quantitative estimate of drug-likeness (QED) is 0.358. The maximum absolute atomic E-state index is 13.8. The van der Waals surface area contributed by atoms with Crippen molar-refractivity contribution in [3.63, 3.8) is 0 Å². The van der Waals surface area contributed by atoms with Gasteiger partial charge in [-0.05, 0) is 43.2 Å². The Balaban J connectivity index is 2.15. The van der Waals surface area contributed by atoms with E-state index >= 15 is 0 Å². The van der Waals surface area contributed by atoms with E-state index in [1.165, 1.54) is 36.6 Å². The highest BCUT2D eigenvalue weighted by atomic mass is 35.5. The van der Waals surface area contributed by atoms with Crippen LogP contribution >= 0.6 is 11.6 Å². The number of hydrogen-bond donors (Lipinski definition) is 0. The number of fused-ring (bicyclic) bond motifs is 1. The van der Waals surface area contributed by atoms with Gasteiger partial charge in [-0.1, -0.05) is 47.1 Å². The first kappa shape index (κ1) is 24.0. The summed E-state index contributed by atoms with van der Waals surface area (Å²) in [5.41, 5.74) is -5.28. The van der Waals surface area contributed by atoms with E-state index in [0.717, 1.165) is 5.56 Å². The van der Waals surface area contributed by atoms with Crippen molar-refractivity contribution in [2.24, 2.45) is 0 Å². The average molecular weight is 511 g/mol. The Labute approximate surface area is 197 Å². The first-order valence-corrected chi connectivity index (χ1v) is 12.0. The molecule has 2 heterocycles. The number of sulfone groups is 1. The summed E-state index contributed by atoms with van der Waals surface area (Å²) in [5, 5.41) is 4.10. The van der Waals surface area contributed by atoms with Gasteiger partial charge in [-0.2, -0.15) is 13.2 Å². The zero-order chi connectivity index (χ0) is 24.8. The van der Waals surface area contributed by atoms with E-state index in [1.54, 1.807) is 24.3 Å². The number of aryl methyl sites for hydroxylation is 2. The van der Waals surface area contributed by atoms with Gasteiger partial charge in [0.25, 0.3) is 15.4 Å². The molecule has 4 aromatic rings. The highest BCUT2D eigenvalue weighted by molar-refractivity contribution is 7.91. The minimum Gasteiger partial charge on any atom is -0.361 e. The topological polar surface area (TPSA) is 82.2 Å². The molecule has 0 aliphatic heterocycles. The van der Waals surface area contributed by atoms with Gasteiger partial charge in [-0.25, -0.2) is 8.42 Å². The number of alkyl halides is 3. The second-order valence-corrected chi connectivity index (χ2v) is 10.2. The maximum Gasteiger partial charge on any atom is 0.497 e. The summed E-state index contributed by atoms with van der Waals surface area (Å²) in [4.78, 5) is 13.8. The van der Waals surface area contributed by atoms with Crippen molar-refractivity contribution in [1.82, 2.24) is 9.72 Å². The highest BCUT2D eigenvalue weighted by Gasteiger charge is 2.46. The molecule has 11 heteroatoms. The van der Waals surface area contributed by atoms with Crippen molar-refractivity contribution >= 4 is 32.3 Å². The number of aromatic nitrogens is 2. The second-order valence-electron chi connectivity index (χ2n) is 7.80. The molecule has 2 aromatic carbocycles. The Morgan fingerprint density at radius 3 is 2.32 bits per heavy atom. The lowest BCUT2D eigenvalue weighted by Gasteiger charge is -2.19. The number of nitrogens with zero attached hydrogens (tertiary/aromatic N) is 2. The summed E-state index contributed by atoms with van der Waals surface area (Å²) in [7, 11) is -5.63. The largest absolute Gasteiger partial charge is 0.497 e. The van der Waals surface area contributed by atoms with Gasteiger partial charge < -0.3 is 9.09 Å². The Kier molecular flexibility index (Phi) is 6.07. The normalized spacial score (nSPS) is 12.4. The van der Waals surface area contributed by atoms with Gasteiger partial charge in [0.05, 0.1) is 34.6 Å². The molecule has 0 saturated heterocycles. The van der Waals surface area contributed by atoms with Crippen LogP contribution in [0.3, 0.4) is 0 Å². The van der Waals surface area contributed by atoms with E-state index in [1.807, 2.05) is 6.07 Å². The van der Waals surface area contributed by atoms with Crippen LogP contribution in [0.15, 0.2) is 57.8 Å². The van der Waals surface area contributed by atoms with Crippen LogP contribution in [0.1, 0.15) is 22.6 Å². The summed E-state index contributed by atoms with van der Waals surface area (Å²) in [5.74, 6) is -1.26. The van der Waals surface area contributed by atoms with Gasteiger partial charge >= 0.3 is 5.51 Å². The fourth-order valence-electron chi connectivity index (χ4n) is 3.94. The van der Waals surface area contributed by atoms with Crippen molar-refractivity contribution in [2.45, 2.75) is 31.7 Å². The molecule has 0 fully saturated rings. The SMILES string of the molecule is Cc1noc(C)c1-c1c(CS(=O)(=O)C(F)(F)F)c2cc(Cl)ccc2n(Cc2ccccc2)c1=O. The number of halogens is 4. The van der Waals surface area contributed by atoms with Gasteiger partial charge in [0, 0.05) is 10.4 Å². The van der Waals surface area contributed by atoms with Gasteiger partial charge in [0.2, 0.25) is 0 Å². The van der Waals surface area contributed by atoms with E-state index in [4.69, 9.17) is 16.1 Å². The number of hydrogen-bond acceptors (Lipinski definition) is 5. The predicted molar refractivity (Wildman–Crippen MR) is 122 cm³/mol. The van der Waals surface area contributed by atoms with Crippen molar-refractivity contribution in [1.29, 1.82) is 0 Å². The van der Waals surface area contributed by atoms with E-state index in [9.17, 15) is 26.4 Å². The smallest absolute Gasteiger partial charge is 0.361 e. The standard InChI is InChI=1S/C23H18ClF3N2O4S/c1-13-20(14(2)33-28-13)21-18(12-34(31,32)23(25,26)27)17-10-16(24)8-9-19(17)29(22(21)30)11-15-6-4-3-5-7-15/h3-10H,11-12H2,1-2H3. The van der Waals surface area contributed by atoms with E-state index < -0.39 is 26.7 Å². The monoisotopic (exact) mass is 510 g/mol. The van der Waals surface area contributed by atoms with E-state index in [-0.39, 0.29) is 50.6 Å². The summed E-state index contributed by atoms with van der Waals surface area (Å²) in [6.07, 6.45) is 0. The number of rotatable bonds is 5. The molecule has 0 N–H and O–H groups in total. The van der Waals surface area contributed by atoms with Gasteiger partial charge in [-0.3, -0.25) is 4.79 Å². The minimum atomic E-state index is -5.63. The molecule has 2 aromatic heterocycles. The second kappa shape index (κ2) is 8.59. The molecule has 0 spiro atoms. The van der Waals surface area contributed by atoms with Crippen LogP contribution in [0.5, 0.6) is 0 Å². The molecule has 4 rings (SSSR count). The van der Waals surface area contributed by atoms with Crippen molar-refractivity contribution in [2.75, 3.05) is 0 Å². The summed E-state index contributed by atoms with van der Waals surface area (Å²) < 4.78 is 71.1. The Bertz CT molecular complexity index is 1540. The fraction of sp³-hybridized carbons (Fsp3) is 0.217. The molecule has 178 valence electrons. The first-order chi connectivity index (χ1) is 15.9. The van der Waals surface area contributed by atoms with E-state index in [0.29, 0.717) is 0 Å². The van der Waals surface area contributed by atoms with Crippen LogP contribution in [-0.4, -0.2) is 23.6 Å². The highest BCUT2D eigenvalue weighted by Crippen LogP contribution is 2.37. The molecule has 0 bridgehead atoms. The molecule has 6 nitrogen and oxygen atoms in total. The molecule has 0 amide bonds. The summed E-state index contributed by atoms with van der Waals surface area (Å²) >= 11 is 6.15. The maximum atomic E-state index is 13.8.